The Morgan fingerprint density at radius 1 is 0.875 bits per heavy atom. The lowest BCUT2D eigenvalue weighted by molar-refractivity contribution is 0.633. The van der Waals surface area contributed by atoms with Crippen LogP contribution in [0, 0.1) is 19.7 Å². The fourth-order valence-electron chi connectivity index (χ4n) is 1.63. The van der Waals surface area contributed by atoms with E-state index >= 15 is 0 Å². The van der Waals surface area contributed by atoms with Crippen molar-refractivity contribution in [3.05, 3.63) is 53.3 Å². The van der Waals surface area contributed by atoms with Crippen molar-refractivity contribution in [2.75, 3.05) is 5.73 Å². The van der Waals surface area contributed by atoms with Gasteiger partial charge in [0.15, 0.2) is 0 Å². The van der Waals surface area contributed by atoms with Crippen molar-refractivity contribution < 1.29 is 4.39 Å². The molecule has 16 heavy (non-hydrogen) atoms. The van der Waals surface area contributed by atoms with Crippen LogP contribution in [0.4, 0.5) is 10.1 Å². The van der Waals surface area contributed by atoms with Gasteiger partial charge in [-0.3, -0.25) is 0 Å². The van der Waals surface area contributed by atoms with Gasteiger partial charge in [0.25, 0.3) is 0 Å². The summed E-state index contributed by atoms with van der Waals surface area (Å²) < 4.78 is 13.3. The third kappa shape index (κ3) is 1.91. The zero-order valence-electron chi connectivity index (χ0n) is 9.42. The molecule has 2 N–H and O–H groups in total. The van der Waals surface area contributed by atoms with Crippen LogP contribution in [0.5, 0.6) is 0 Å². The normalized spacial score (nSPS) is 10.4. The van der Waals surface area contributed by atoms with Gasteiger partial charge in [-0.2, -0.15) is 0 Å². The van der Waals surface area contributed by atoms with Gasteiger partial charge in [-0.05, 0) is 48.2 Å². The van der Waals surface area contributed by atoms with E-state index in [0.717, 1.165) is 11.1 Å². The summed E-state index contributed by atoms with van der Waals surface area (Å²) in [6.45, 7) is 4.11. The highest BCUT2D eigenvalue weighted by molar-refractivity contribution is 5.67. The number of halogens is 1. The van der Waals surface area contributed by atoms with Crippen molar-refractivity contribution in [1.29, 1.82) is 0 Å². The van der Waals surface area contributed by atoms with E-state index in [0.29, 0.717) is 0 Å². The zero-order valence-corrected chi connectivity index (χ0v) is 9.42. The first kappa shape index (κ1) is 10.7. The van der Waals surface area contributed by atoms with Crippen molar-refractivity contribution in [2.24, 2.45) is 0 Å². The monoisotopic (exact) mass is 215 g/mol. The Labute approximate surface area is 94.7 Å². The van der Waals surface area contributed by atoms with Crippen LogP contribution < -0.4 is 5.73 Å². The van der Waals surface area contributed by atoms with E-state index in [9.17, 15) is 4.39 Å². The van der Waals surface area contributed by atoms with Crippen LogP contribution in [0.3, 0.4) is 0 Å². The second kappa shape index (κ2) is 3.97. The molecule has 0 heterocycles. The van der Waals surface area contributed by atoms with Crippen molar-refractivity contribution in [1.82, 2.24) is 0 Å². The Hall–Kier alpha value is -1.83. The number of nitrogen functional groups attached to an aromatic ring is 1. The maximum Gasteiger partial charge on any atom is 0.146 e. The van der Waals surface area contributed by atoms with Crippen LogP contribution in [0.2, 0.25) is 0 Å². The highest BCUT2D eigenvalue weighted by atomic mass is 19.1. The molecule has 0 unspecified atom stereocenters. The molecule has 0 atom stereocenters. The smallest absolute Gasteiger partial charge is 0.146 e. The third-order valence-electron chi connectivity index (χ3n) is 2.84. The molecule has 2 aromatic rings. The van der Waals surface area contributed by atoms with E-state index in [2.05, 4.69) is 13.0 Å². The molecular formula is C14H14FN. The van der Waals surface area contributed by atoms with Crippen molar-refractivity contribution in [3.8, 4) is 11.1 Å². The van der Waals surface area contributed by atoms with Gasteiger partial charge >= 0.3 is 0 Å². The molecule has 0 fully saturated rings. The van der Waals surface area contributed by atoms with E-state index in [4.69, 9.17) is 5.73 Å². The molecular weight excluding hydrogens is 201 g/mol. The molecule has 0 radical (unpaired) electrons. The minimum absolute atomic E-state index is 0.188. The van der Waals surface area contributed by atoms with E-state index in [1.807, 2.05) is 25.1 Å². The molecule has 2 aromatic carbocycles. The SMILES string of the molecule is Cc1ccc(-c2ccc(N)c(F)c2)cc1C. The van der Waals surface area contributed by atoms with Gasteiger partial charge < -0.3 is 5.73 Å². The van der Waals surface area contributed by atoms with Crippen LogP contribution >= 0.6 is 0 Å². The second-order valence-corrected chi connectivity index (χ2v) is 4.04. The summed E-state index contributed by atoms with van der Waals surface area (Å²) in [6, 6.07) is 11.0. The fourth-order valence-corrected chi connectivity index (χ4v) is 1.63. The maximum absolute atomic E-state index is 13.3. The lowest BCUT2D eigenvalue weighted by Crippen LogP contribution is -1.91. The van der Waals surface area contributed by atoms with Gasteiger partial charge in [0, 0.05) is 0 Å². The Kier molecular flexibility index (Phi) is 2.65. The summed E-state index contributed by atoms with van der Waals surface area (Å²) in [5.41, 5.74) is 9.94. The number of rotatable bonds is 1. The second-order valence-electron chi connectivity index (χ2n) is 4.04. The molecule has 0 amide bonds. The first-order valence-corrected chi connectivity index (χ1v) is 5.20. The lowest BCUT2D eigenvalue weighted by Gasteiger charge is -2.06. The molecule has 82 valence electrons. The van der Waals surface area contributed by atoms with E-state index in [1.54, 1.807) is 6.07 Å². The fraction of sp³-hybridized carbons (Fsp3) is 0.143. The van der Waals surface area contributed by atoms with E-state index in [1.165, 1.54) is 17.2 Å². The minimum atomic E-state index is -0.365. The molecule has 0 saturated heterocycles. The summed E-state index contributed by atoms with van der Waals surface area (Å²) in [5, 5.41) is 0. The first-order valence-electron chi connectivity index (χ1n) is 5.20. The van der Waals surface area contributed by atoms with E-state index in [-0.39, 0.29) is 11.5 Å². The Morgan fingerprint density at radius 3 is 2.12 bits per heavy atom. The van der Waals surface area contributed by atoms with Gasteiger partial charge in [-0.1, -0.05) is 24.3 Å². The molecule has 0 aliphatic heterocycles. The predicted octanol–water partition coefficient (Wildman–Crippen LogP) is 3.69. The average molecular weight is 215 g/mol. The third-order valence-corrected chi connectivity index (χ3v) is 2.84. The van der Waals surface area contributed by atoms with Crippen LogP contribution in [0.25, 0.3) is 11.1 Å². The van der Waals surface area contributed by atoms with Crippen molar-refractivity contribution >= 4 is 5.69 Å². The van der Waals surface area contributed by atoms with Gasteiger partial charge in [-0.15, -0.1) is 0 Å². The first-order chi connectivity index (χ1) is 7.58. The highest BCUT2D eigenvalue weighted by Gasteiger charge is 2.03. The van der Waals surface area contributed by atoms with Gasteiger partial charge in [0.05, 0.1) is 5.69 Å². The lowest BCUT2D eigenvalue weighted by atomic mass is 10.0. The largest absolute Gasteiger partial charge is 0.396 e. The summed E-state index contributed by atoms with van der Waals surface area (Å²) in [5.74, 6) is -0.365. The van der Waals surface area contributed by atoms with Crippen LogP contribution in [0.15, 0.2) is 36.4 Å². The highest BCUT2D eigenvalue weighted by Crippen LogP contribution is 2.24. The average Bonchev–Trinajstić information content (AvgIpc) is 2.26. The predicted molar refractivity (Wildman–Crippen MR) is 65.7 cm³/mol. The summed E-state index contributed by atoms with van der Waals surface area (Å²) in [7, 11) is 0. The van der Waals surface area contributed by atoms with E-state index < -0.39 is 0 Å². The number of aryl methyl sites for hydroxylation is 2. The molecule has 0 aliphatic rings. The van der Waals surface area contributed by atoms with Crippen molar-refractivity contribution in [2.45, 2.75) is 13.8 Å². The molecule has 0 bridgehead atoms. The van der Waals surface area contributed by atoms with Crippen LogP contribution in [-0.2, 0) is 0 Å². The Bertz CT molecular complexity index is 483. The molecule has 2 heteroatoms. The number of hydrogen-bond donors (Lipinski definition) is 1. The molecule has 0 saturated carbocycles. The summed E-state index contributed by atoms with van der Waals surface area (Å²) in [4.78, 5) is 0. The number of benzene rings is 2. The summed E-state index contributed by atoms with van der Waals surface area (Å²) >= 11 is 0. The van der Waals surface area contributed by atoms with Crippen LogP contribution in [0.1, 0.15) is 11.1 Å². The Morgan fingerprint density at radius 2 is 1.50 bits per heavy atom. The minimum Gasteiger partial charge on any atom is -0.396 e. The molecule has 1 nitrogen and oxygen atoms in total. The number of anilines is 1. The molecule has 0 spiro atoms. The zero-order chi connectivity index (χ0) is 11.7. The molecule has 0 aliphatic carbocycles. The molecule has 0 aromatic heterocycles. The quantitative estimate of drug-likeness (QED) is 0.721. The maximum atomic E-state index is 13.3. The van der Waals surface area contributed by atoms with Gasteiger partial charge in [-0.25, -0.2) is 4.39 Å². The number of nitrogens with two attached hydrogens (primary N) is 1. The standard InChI is InChI=1S/C14H14FN/c1-9-3-4-11(7-10(9)2)12-5-6-14(16)13(15)8-12/h3-8H,16H2,1-2H3. The number of hydrogen-bond acceptors (Lipinski definition) is 1. The topological polar surface area (TPSA) is 26.0 Å². The van der Waals surface area contributed by atoms with Crippen molar-refractivity contribution in [3.63, 3.8) is 0 Å². The summed E-state index contributed by atoms with van der Waals surface area (Å²) in [6.07, 6.45) is 0. The molecule has 2 rings (SSSR count). The van der Waals surface area contributed by atoms with Crippen LogP contribution in [-0.4, -0.2) is 0 Å². The van der Waals surface area contributed by atoms with Gasteiger partial charge in [0.2, 0.25) is 0 Å². The Balaban J connectivity index is 2.50. The van der Waals surface area contributed by atoms with Gasteiger partial charge in [0.1, 0.15) is 5.82 Å².